The fourth-order valence-electron chi connectivity index (χ4n) is 4.44. The Morgan fingerprint density at radius 3 is 2.50 bits per heavy atom. The van der Waals surface area contributed by atoms with Gasteiger partial charge in [0.25, 0.3) is 0 Å². The molecule has 0 aliphatic rings. The van der Waals surface area contributed by atoms with E-state index in [0.717, 1.165) is 43.4 Å². The number of rotatable bonds is 5. The van der Waals surface area contributed by atoms with Gasteiger partial charge in [-0.3, -0.25) is 0 Å². The number of nitrogens with zero attached hydrogens (tertiary/aromatic N) is 5. The van der Waals surface area contributed by atoms with Crippen molar-refractivity contribution in [1.82, 2.24) is 24.8 Å². The number of para-hydroxylation sites is 1. The number of halogens is 2. The molecule has 7 aromatic rings. The second kappa shape index (κ2) is 9.36. The third kappa shape index (κ3) is 4.15. The van der Waals surface area contributed by atoms with E-state index in [1.165, 1.54) is 11.3 Å². The molecule has 0 atom stereocenters. The van der Waals surface area contributed by atoms with Crippen molar-refractivity contribution in [2.75, 3.05) is 0 Å². The van der Waals surface area contributed by atoms with Gasteiger partial charge in [0.1, 0.15) is 16.5 Å². The van der Waals surface area contributed by atoms with Crippen LogP contribution in [-0.4, -0.2) is 24.8 Å². The third-order valence-electron chi connectivity index (χ3n) is 6.26. The summed E-state index contributed by atoms with van der Waals surface area (Å²) in [6.07, 6.45) is 0.648. The summed E-state index contributed by atoms with van der Waals surface area (Å²) in [4.78, 5) is 5.62. The molecule has 0 aliphatic carbocycles. The molecule has 0 saturated heterocycles. The van der Waals surface area contributed by atoms with Crippen molar-refractivity contribution in [3.8, 4) is 33.3 Å². The largest absolute Gasteiger partial charge is 0.454 e. The van der Waals surface area contributed by atoms with Crippen LogP contribution in [0.2, 0.25) is 10.0 Å². The standard InChI is InChI=1S/C29H17Cl2N5OS/c30-18-10-11-22(31)21(15-18)25-12-13-26(37-25)24-16-20(19-8-4-5-9-23(19)32-24)28-35-36-27(33-34-29(36)38-28)14-17-6-2-1-3-7-17/h1-13,15-16H,14H2. The van der Waals surface area contributed by atoms with Crippen LogP contribution in [0.1, 0.15) is 11.4 Å². The quantitative estimate of drug-likeness (QED) is 0.214. The molecule has 9 heteroatoms. The lowest BCUT2D eigenvalue weighted by molar-refractivity contribution is 0.595. The summed E-state index contributed by atoms with van der Waals surface area (Å²) in [6.45, 7) is 0. The third-order valence-corrected chi connectivity index (χ3v) is 7.76. The van der Waals surface area contributed by atoms with Crippen LogP contribution >= 0.6 is 34.5 Å². The van der Waals surface area contributed by atoms with Crippen LogP contribution in [-0.2, 0) is 6.42 Å². The molecule has 0 fully saturated rings. The topological polar surface area (TPSA) is 69.1 Å². The Kier molecular flexibility index (Phi) is 5.69. The van der Waals surface area contributed by atoms with Crippen molar-refractivity contribution >= 4 is 50.4 Å². The number of hydrogen-bond acceptors (Lipinski definition) is 6. The van der Waals surface area contributed by atoms with E-state index in [4.69, 9.17) is 37.7 Å². The monoisotopic (exact) mass is 553 g/mol. The Hall–Kier alpha value is -4.04. The number of benzene rings is 3. The summed E-state index contributed by atoms with van der Waals surface area (Å²) < 4.78 is 8.04. The molecule has 4 aromatic heterocycles. The molecule has 0 bridgehead atoms. The number of hydrogen-bond donors (Lipinski definition) is 0. The molecule has 0 amide bonds. The van der Waals surface area contributed by atoms with E-state index >= 15 is 0 Å². The van der Waals surface area contributed by atoms with Gasteiger partial charge >= 0.3 is 0 Å². The Morgan fingerprint density at radius 1 is 0.789 bits per heavy atom. The highest BCUT2D eigenvalue weighted by molar-refractivity contribution is 7.19. The molecular formula is C29H17Cl2N5OS. The van der Waals surface area contributed by atoms with Crippen LogP contribution in [0.4, 0.5) is 0 Å². The minimum absolute atomic E-state index is 0.563. The molecule has 3 aromatic carbocycles. The van der Waals surface area contributed by atoms with Crippen LogP contribution in [0.25, 0.3) is 49.2 Å². The Balaban J connectivity index is 1.33. The van der Waals surface area contributed by atoms with E-state index in [2.05, 4.69) is 22.3 Å². The molecule has 0 unspecified atom stereocenters. The summed E-state index contributed by atoms with van der Waals surface area (Å²) in [5.74, 6) is 2.03. The predicted molar refractivity (Wildman–Crippen MR) is 152 cm³/mol. The number of furan rings is 1. The first kappa shape index (κ1) is 23.1. The van der Waals surface area contributed by atoms with Gasteiger partial charge in [0.05, 0.1) is 10.5 Å². The second-order valence-corrected chi connectivity index (χ2v) is 10.5. The number of fused-ring (bicyclic) bond motifs is 2. The highest BCUT2D eigenvalue weighted by Gasteiger charge is 2.19. The summed E-state index contributed by atoms with van der Waals surface area (Å²) in [6, 6.07) is 29.3. The van der Waals surface area contributed by atoms with Crippen LogP contribution in [0.15, 0.2) is 95.4 Å². The Labute approximate surface area is 231 Å². The van der Waals surface area contributed by atoms with Crippen LogP contribution in [0, 0.1) is 0 Å². The highest BCUT2D eigenvalue weighted by Crippen LogP contribution is 2.37. The van der Waals surface area contributed by atoms with E-state index < -0.39 is 0 Å². The molecule has 0 spiro atoms. The molecule has 0 aliphatic heterocycles. The predicted octanol–water partition coefficient (Wildman–Crippen LogP) is 8.23. The van der Waals surface area contributed by atoms with E-state index in [-0.39, 0.29) is 0 Å². The molecule has 0 saturated carbocycles. The van der Waals surface area contributed by atoms with Crippen molar-refractivity contribution in [1.29, 1.82) is 0 Å². The number of aromatic nitrogens is 5. The summed E-state index contributed by atoms with van der Waals surface area (Å²) >= 11 is 14.1. The van der Waals surface area contributed by atoms with Gasteiger partial charge in [-0.05, 0) is 48.0 Å². The van der Waals surface area contributed by atoms with Crippen molar-refractivity contribution in [3.63, 3.8) is 0 Å². The average Bonchev–Trinajstić information content (AvgIpc) is 3.68. The van der Waals surface area contributed by atoms with Gasteiger partial charge in [-0.25, -0.2) is 4.98 Å². The van der Waals surface area contributed by atoms with Crippen molar-refractivity contribution in [2.45, 2.75) is 6.42 Å². The van der Waals surface area contributed by atoms with Gasteiger partial charge in [-0.2, -0.15) is 9.61 Å². The second-order valence-electron chi connectivity index (χ2n) is 8.74. The van der Waals surface area contributed by atoms with Gasteiger partial charge in [0.15, 0.2) is 11.6 Å². The molecule has 38 heavy (non-hydrogen) atoms. The Morgan fingerprint density at radius 2 is 1.61 bits per heavy atom. The SMILES string of the molecule is Clc1ccc(Cl)c(-c2ccc(-c3cc(-c4nn5c(Cc6ccccc6)nnc5s4)c4ccccc4n3)o2)c1. The summed E-state index contributed by atoms with van der Waals surface area (Å²) in [5, 5.41) is 16.6. The van der Waals surface area contributed by atoms with E-state index in [1.807, 2.05) is 65.2 Å². The summed E-state index contributed by atoms with van der Waals surface area (Å²) in [5.41, 5.74) is 4.37. The van der Waals surface area contributed by atoms with Crippen LogP contribution < -0.4 is 0 Å². The van der Waals surface area contributed by atoms with E-state index in [0.29, 0.717) is 33.7 Å². The lowest BCUT2D eigenvalue weighted by Crippen LogP contribution is -1.98. The van der Waals surface area contributed by atoms with E-state index in [9.17, 15) is 0 Å². The van der Waals surface area contributed by atoms with E-state index in [1.54, 1.807) is 18.2 Å². The smallest absolute Gasteiger partial charge is 0.234 e. The highest BCUT2D eigenvalue weighted by atomic mass is 35.5. The molecule has 184 valence electrons. The maximum atomic E-state index is 6.41. The molecule has 0 N–H and O–H groups in total. The minimum Gasteiger partial charge on any atom is -0.454 e. The molecular weight excluding hydrogens is 537 g/mol. The zero-order chi connectivity index (χ0) is 25.6. The van der Waals surface area contributed by atoms with Gasteiger partial charge in [-0.1, -0.05) is 83.1 Å². The fourth-order valence-corrected chi connectivity index (χ4v) is 5.71. The van der Waals surface area contributed by atoms with Crippen LogP contribution in [0.5, 0.6) is 0 Å². The lowest BCUT2D eigenvalue weighted by Gasteiger charge is -2.07. The van der Waals surface area contributed by atoms with Crippen LogP contribution in [0.3, 0.4) is 0 Å². The normalized spacial score (nSPS) is 11.5. The lowest BCUT2D eigenvalue weighted by atomic mass is 10.1. The molecule has 0 radical (unpaired) electrons. The molecule has 4 heterocycles. The van der Waals surface area contributed by atoms with Gasteiger partial charge < -0.3 is 4.42 Å². The number of pyridine rings is 1. The summed E-state index contributed by atoms with van der Waals surface area (Å²) in [7, 11) is 0. The van der Waals surface area contributed by atoms with Gasteiger partial charge in [0.2, 0.25) is 4.96 Å². The van der Waals surface area contributed by atoms with Gasteiger partial charge in [-0.15, -0.1) is 10.2 Å². The van der Waals surface area contributed by atoms with Crippen molar-refractivity contribution in [3.05, 3.63) is 112 Å². The first-order valence-electron chi connectivity index (χ1n) is 11.8. The zero-order valence-electron chi connectivity index (χ0n) is 19.7. The molecule has 6 nitrogen and oxygen atoms in total. The minimum atomic E-state index is 0.563. The maximum absolute atomic E-state index is 6.41. The fraction of sp³-hybridized carbons (Fsp3) is 0.0345. The van der Waals surface area contributed by atoms with Gasteiger partial charge in [0, 0.05) is 28.0 Å². The first-order valence-corrected chi connectivity index (χ1v) is 13.4. The maximum Gasteiger partial charge on any atom is 0.234 e. The van der Waals surface area contributed by atoms with Crippen molar-refractivity contribution in [2.24, 2.45) is 0 Å². The molecule has 7 rings (SSSR count). The first-order chi connectivity index (χ1) is 18.6. The zero-order valence-corrected chi connectivity index (χ0v) is 22.0. The van der Waals surface area contributed by atoms with Crippen molar-refractivity contribution < 1.29 is 4.42 Å². The Bertz CT molecular complexity index is 1940. The average molecular weight is 554 g/mol.